The zero-order valence-electron chi connectivity index (χ0n) is 15.6. The van der Waals surface area contributed by atoms with Gasteiger partial charge in [0.15, 0.2) is 0 Å². The fraction of sp³-hybridized carbons (Fsp3) is 0.364. The summed E-state index contributed by atoms with van der Waals surface area (Å²) in [6.45, 7) is 1.58. The maximum atomic E-state index is 11.9. The summed E-state index contributed by atoms with van der Waals surface area (Å²) in [4.78, 5) is 22.8. The van der Waals surface area contributed by atoms with Crippen LogP contribution in [0.1, 0.15) is 60.9 Å². The van der Waals surface area contributed by atoms with Gasteiger partial charge in [0.25, 0.3) is 0 Å². The van der Waals surface area contributed by atoms with Crippen molar-refractivity contribution in [3.05, 3.63) is 65.7 Å². The Balaban J connectivity index is 0.000000313. The number of carboxylic acid groups (broad SMARTS) is 1. The summed E-state index contributed by atoms with van der Waals surface area (Å²) >= 11 is 0. The van der Waals surface area contributed by atoms with Crippen LogP contribution in [0.25, 0.3) is 0 Å². The summed E-state index contributed by atoms with van der Waals surface area (Å²) in [7, 11) is 0. The second-order valence-corrected chi connectivity index (χ2v) is 6.79. The summed E-state index contributed by atoms with van der Waals surface area (Å²) in [6, 6.07) is 15.7. The lowest BCUT2D eigenvalue weighted by Gasteiger charge is -2.15. The van der Waals surface area contributed by atoms with E-state index in [1.54, 1.807) is 55.5 Å². The molecule has 5 heteroatoms. The fourth-order valence-electron chi connectivity index (χ4n) is 2.86. The van der Waals surface area contributed by atoms with Gasteiger partial charge < -0.3 is 15.6 Å². The first-order chi connectivity index (χ1) is 13.0. The zero-order chi connectivity index (χ0) is 19.6. The third kappa shape index (κ3) is 6.87. The quantitative estimate of drug-likeness (QED) is 0.617. The van der Waals surface area contributed by atoms with Gasteiger partial charge >= 0.3 is 11.9 Å². The van der Waals surface area contributed by atoms with Crippen LogP contribution in [0.15, 0.2) is 54.6 Å². The van der Waals surface area contributed by atoms with Gasteiger partial charge in [0, 0.05) is 6.04 Å². The normalized spacial score (nSPS) is 15.2. The van der Waals surface area contributed by atoms with Crippen LogP contribution in [-0.4, -0.2) is 23.1 Å². The first kappa shape index (κ1) is 20.6. The van der Waals surface area contributed by atoms with Crippen molar-refractivity contribution in [3.8, 4) is 5.75 Å². The fourth-order valence-corrected chi connectivity index (χ4v) is 2.86. The molecule has 0 heterocycles. The van der Waals surface area contributed by atoms with Gasteiger partial charge in [0.2, 0.25) is 0 Å². The number of nitrogens with two attached hydrogens (primary N) is 1. The van der Waals surface area contributed by atoms with Gasteiger partial charge in [-0.3, -0.25) is 4.79 Å². The Morgan fingerprint density at radius 2 is 1.70 bits per heavy atom. The molecule has 1 unspecified atom stereocenters. The Morgan fingerprint density at radius 3 is 2.26 bits per heavy atom. The molecule has 0 aliphatic heterocycles. The van der Waals surface area contributed by atoms with E-state index in [1.165, 1.54) is 32.1 Å². The third-order valence-electron chi connectivity index (χ3n) is 4.60. The third-order valence-corrected chi connectivity index (χ3v) is 4.60. The molecule has 144 valence electrons. The molecule has 1 aliphatic carbocycles. The molecule has 3 N–H and O–H groups in total. The van der Waals surface area contributed by atoms with Gasteiger partial charge in [0.05, 0.1) is 11.5 Å². The van der Waals surface area contributed by atoms with E-state index in [1.807, 2.05) is 6.07 Å². The van der Waals surface area contributed by atoms with E-state index in [0.29, 0.717) is 22.9 Å². The number of carbonyl (C=O) groups is 2. The zero-order valence-corrected chi connectivity index (χ0v) is 15.6. The Bertz CT molecular complexity index is 739. The number of aliphatic carboxylic acids is 1. The van der Waals surface area contributed by atoms with Crippen molar-refractivity contribution in [1.82, 2.24) is 0 Å². The number of carboxylic acids is 1. The van der Waals surface area contributed by atoms with Crippen LogP contribution in [0, 0.1) is 0 Å². The van der Waals surface area contributed by atoms with E-state index < -0.39 is 17.9 Å². The van der Waals surface area contributed by atoms with E-state index in [9.17, 15) is 9.59 Å². The Morgan fingerprint density at radius 1 is 1.04 bits per heavy atom. The molecule has 1 fully saturated rings. The standard InChI is InChI=1S/C16H14O4.C6H13N/c1-11(15(17)18)13-8-5-9-14(10-13)20-16(19)12-6-3-2-4-7-12;7-6-4-2-1-3-5-6/h2-11H,1H3,(H,17,18);6H,1-5,7H2. The lowest BCUT2D eigenvalue weighted by molar-refractivity contribution is -0.138. The highest BCUT2D eigenvalue weighted by atomic mass is 16.5. The van der Waals surface area contributed by atoms with Gasteiger partial charge in [-0.15, -0.1) is 0 Å². The molecular weight excluding hydrogens is 342 g/mol. The Labute approximate surface area is 160 Å². The van der Waals surface area contributed by atoms with Crippen LogP contribution in [-0.2, 0) is 4.79 Å². The van der Waals surface area contributed by atoms with Crippen molar-refractivity contribution in [1.29, 1.82) is 0 Å². The highest BCUT2D eigenvalue weighted by Gasteiger charge is 2.15. The Kier molecular flexibility index (Phi) is 8.01. The average Bonchev–Trinajstić information content (AvgIpc) is 2.69. The van der Waals surface area contributed by atoms with Crippen molar-refractivity contribution in [2.45, 2.75) is 51.0 Å². The molecule has 5 nitrogen and oxygen atoms in total. The van der Waals surface area contributed by atoms with Crippen LogP contribution >= 0.6 is 0 Å². The van der Waals surface area contributed by atoms with E-state index >= 15 is 0 Å². The van der Waals surface area contributed by atoms with E-state index in [4.69, 9.17) is 15.6 Å². The van der Waals surface area contributed by atoms with Gasteiger partial charge in [-0.05, 0) is 49.6 Å². The molecule has 27 heavy (non-hydrogen) atoms. The Hall–Kier alpha value is -2.66. The molecular formula is C22H27NO4. The minimum absolute atomic E-state index is 0.337. The number of hydrogen-bond acceptors (Lipinski definition) is 4. The molecule has 0 bridgehead atoms. The van der Waals surface area contributed by atoms with E-state index in [2.05, 4.69) is 0 Å². The van der Waals surface area contributed by atoms with Gasteiger partial charge in [-0.1, -0.05) is 49.6 Å². The number of carbonyl (C=O) groups excluding carboxylic acids is 1. The van der Waals surface area contributed by atoms with Crippen LogP contribution in [0.3, 0.4) is 0 Å². The van der Waals surface area contributed by atoms with Crippen LogP contribution < -0.4 is 10.5 Å². The minimum Gasteiger partial charge on any atom is -0.481 e. The van der Waals surface area contributed by atoms with E-state index in [0.717, 1.165) is 0 Å². The van der Waals surface area contributed by atoms with Crippen LogP contribution in [0.4, 0.5) is 0 Å². The average molecular weight is 369 g/mol. The predicted octanol–water partition coefficient (Wildman–Crippen LogP) is 4.37. The maximum absolute atomic E-state index is 11.9. The van der Waals surface area contributed by atoms with Gasteiger partial charge in [-0.25, -0.2) is 4.79 Å². The summed E-state index contributed by atoms with van der Waals surface area (Å²) in [5, 5.41) is 8.98. The lowest BCUT2D eigenvalue weighted by atomic mass is 9.97. The molecule has 0 spiro atoms. The molecule has 1 aliphatic rings. The summed E-state index contributed by atoms with van der Waals surface area (Å²) < 4.78 is 5.24. The molecule has 0 saturated heterocycles. The van der Waals surface area contributed by atoms with Crippen LogP contribution in [0.2, 0.25) is 0 Å². The van der Waals surface area contributed by atoms with E-state index in [-0.39, 0.29) is 0 Å². The molecule has 2 aromatic rings. The highest BCUT2D eigenvalue weighted by Crippen LogP contribution is 2.21. The molecule has 0 radical (unpaired) electrons. The van der Waals surface area contributed by atoms with Crippen molar-refractivity contribution in [2.24, 2.45) is 5.73 Å². The first-order valence-corrected chi connectivity index (χ1v) is 9.33. The molecule has 2 aromatic carbocycles. The second kappa shape index (κ2) is 10.5. The number of benzene rings is 2. The monoisotopic (exact) mass is 369 g/mol. The SMILES string of the molecule is CC(C(=O)O)c1cccc(OC(=O)c2ccccc2)c1.NC1CCCCC1. The molecule has 1 saturated carbocycles. The molecule has 1 atom stereocenters. The topological polar surface area (TPSA) is 89.6 Å². The summed E-state index contributed by atoms with van der Waals surface area (Å²) in [5.74, 6) is -1.70. The smallest absolute Gasteiger partial charge is 0.343 e. The summed E-state index contributed by atoms with van der Waals surface area (Å²) in [5.41, 5.74) is 6.68. The largest absolute Gasteiger partial charge is 0.481 e. The van der Waals surface area contributed by atoms with Gasteiger partial charge in [-0.2, -0.15) is 0 Å². The number of hydrogen-bond donors (Lipinski definition) is 2. The molecule has 3 rings (SSSR count). The number of rotatable bonds is 4. The summed E-state index contributed by atoms with van der Waals surface area (Å²) in [6.07, 6.45) is 6.66. The number of ether oxygens (including phenoxy) is 1. The highest BCUT2D eigenvalue weighted by molar-refractivity contribution is 5.91. The maximum Gasteiger partial charge on any atom is 0.343 e. The minimum atomic E-state index is -0.920. The van der Waals surface area contributed by atoms with Crippen molar-refractivity contribution < 1.29 is 19.4 Å². The second-order valence-electron chi connectivity index (χ2n) is 6.79. The lowest BCUT2D eigenvalue weighted by Crippen LogP contribution is -2.22. The van der Waals surface area contributed by atoms with Crippen molar-refractivity contribution in [2.75, 3.05) is 0 Å². The predicted molar refractivity (Wildman–Crippen MR) is 105 cm³/mol. The van der Waals surface area contributed by atoms with Crippen molar-refractivity contribution >= 4 is 11.9 Å². The van der Waals surface area contributed by atoms with Crippen molar-refractivity contribution in [3.63, 3.8) is 0 Å². The molecule has 0 aromatic heterocycles. The molecule has 0 amide bonds. The first-order valence-electron chi connectivity index (χ1n) is 9.33. The number of esters is 1. The van der Waals surface area contributed by atoms with Gasteiger partial charge in [0.1, 0.15) is 5.75 Å². The van der Waals surface area contributed by atoms with Crippen LogP contribution in [0.5, 0.6) is 5.75 Å².